The predicted octanol–water partition coefficient (Wildman–Crippen LogP) is 10.0. The van der Waals surface area contributed by atoms with E-state index in [0.29, 0.717) is 5.92 Å². The Balaban J connectivity index is 0.00000176. The van der Waals surface area contributed by atoms with Crippen molar-refractivity contribution in [3.8, 4) is 0 Å². The highest BCUT2D eigenvalue weighted by Crippen LogP contribution is 2.48. The summed E-state index contributed by atoms with van der Waals surface area (Å²) in [6, 6.07) is 13.3. The van der Waals surface area contributed by atoms with Crippen LogP contribution in [0.1, 0.15) is 79.2 Å². The van der Waals surface area contributed by atoms with Gasteiger partial charge in [0.2, 0.25) is 0 Å². The van der Waals surface area contributed by atoms with Gasteiger partial charge in [-0.1, -0.05) is 75.5 Å². The highest BCUT2D eigenvalue weighted by molar-refractivity contribution is 9.11. The van der Waals surface area contributed by atoms with Crippen LogP contribution >= 0.6 is 27.7 Å². The molecule has 3 rings (SSSR count). The molecule has 2 aromatic carbocycles. The lowest BCUT2D eigenvalue weighted by Gasteiger charge is -2.34. The van der Waals surface area contributed by atoms with Crippen LogP contribution in [0, 0.1) is 0 Å². The van der Waals surface area contributed by atoms with E-state index in [2.05, 4.69) is 83.7 Å². The van der Waals surface area contributed by atoms with Crippen molar-refractivity contribution in [2.45, 2.75) is 78.4 Å². The van der Waals surface area contributed by atoms with Crippen molar-refractivity contribution in [2.75, 3.05) is 4.90 Å². The van der Waals surface area contributed by atoms with Crippen molar-refractivity contribution in [1.82, 2.24) is 0 Å². The smallest absolute Gasteiger partial charge is 0.101 e. The second kappa shape index (κ2) is 11.5. The van der Waals surface area contributed by atoms with Crippen LogP contribution in [0.3, 0.4) is 0 Å². The number of aliphatic hydroxyl groups is 1. The van der Waals surface area contributed by atoms with E-state index >= 15 is 0 Å². The van der Waals surface area contributed by atoms with Gasteiger partial charge in [-0.25, -0.2) is 0 Å². The maximum absolute atomic E-state index is 10.2. The zero-order valence-electron chi connectivity index (χ0n) is 20.6. The van der Waals surface area contributed by atoms with Crippen LogP contribution in [0.25, 0.3) is 10.8 Å². The van der Waals surface area contributed by atoms with Gasteiger partial charge in [0.05, 0.1) is 20.1 Å². The van der Waals surface area contributed by atoms with E-state index in [9.17, 15) is 5.11 Å². The topological polar surface area (TPSA) is 23.5 Å². The molecule has 1 N–H and O–H groups in total. The lowest BCUT2D eigenvalue weighted by Crippen LogP contribution is -2.25. The third-order valence-electron chi connectivity index (χ3n) is 5.79. The molecule has 2 aromatic rings. The summed E-state index contributed by atoms with van der Waals surface area (Å²) in [7, 11) is 0. The Hall–Kier alpha value is -1.65. The summed E-state index contributed by atoms with van der Waals surface area (Å²) in [5, 5.41) is 13.9. The largest absolute Gasteiger partial charge is 0.511 e. The number of fused-ring (bicyclic) bond motifs is 1. The molecule has 0 atom stereocenters. The van der Waals surface area contributed by atoms with E-state index in [1.165, 1.54) is 34.8 Å². The number of hydrogen-bond donors (Lipinski definition) is 1. The minimum absolute atomic E-state index is 0.180. The molecular weight excluding hydrogens is 478 g/mol. The molecule has 0 amide bonds. The Kier molecular flexibility index (Phi) is 9.53. The van der Waals surface area contributed by atoms with Crippen molar-refractivity contribution < 1.29 is 5.11 Å². The molecule has 0 heterocycles. The quantitative estimate of drug-likeness (QED) is 0.279. The van der Waals surface area contributed by atoms with Crippen LogP contribution in [0.2, 0.25) is 0 Å². The number of aliphatic hydroxyl groups excluding tert-OH is 1. The van der Waals surface area contributed by atoms with Gasteiger partial charge in [0, 0.05) is 5.39 Å². The van der Waals surface area contributed by atoms with Crippen molar-refractivity contribution >= 4 is 44.2 Å². The summed E-state index contributed by atoms with van der Waals surface area (Å²) in [6.07, 6.45) is 5.57. The normalized spacial score (nSPS) is 15.1. The van der Waals surface area contributed by atoms with Crippen molar-refractivity contribution in [2.24, 2.45) is 0 Å². The first-order valence-electron chi connectivity index (χ1n) is 11.6. The standard InChI is InChI=1S/C26H32BrNOS.C2H6/c1-7-17(3)25(30-26(5,6)18(4)29)28(24(27)8-2)23-16-15-20(19-13-14-19)21-11-9-10-12-22(21)23;1-2/h8-12,15-16,19,29H,4,7,13-14H2,1-3,5-6H3;1-2H3/b24-8-,25-17+;. The summed E-state index contributed by atoms with van der Waals surface area (Å²) >= 11 is 5.47. The van der Waals surface area contributed by atoms with Crippen LogP contribution < -0.4 is 4.90 Å². The number of thioether (sulfide) groups is 1. The maximum atomic E-state index is 10.2. The predicted molar refractivity (Wildman–Crippen MR) is 149 cm³/mol. The Morgan fingerprint density at radius 3 is 2.28 bits per heavy atom. The number of anilines is 1. The average molecular weight is 517 g/mol. The summed E-state index contributed by atoms with van der Waals surface area (Å²) in [6.45, 7) is 18.2. The summed E-state index contributed by atoms with van der Waals surface area (Å²) in [4.78, 5) is 2.28. The van der Waals surface area contributed by atoms with Crippen LogP contribution in [0.15, 0.2) is 70.0 Å². The molecule has 174 valence electrons. The van der Waals surface area contributed by atoms with E-state index in [-0.39, 0.29) is 5.76 Å². The monoisotopic (exact) mass is 515 g/mol. The molecule has 0 aliphatic heterocycles. The molecular formula is C28H38BrNOS. The van der Waals surface area contributed by atoms with Crippen molar-refractivity contribution in [3.05, 3.63) is 75.6 Å². The number of allylic oxidation sites excluding steroid dienone is 2. The van der Waals surface area contributed by atoms with Gasteiger partial charge in [0.15, 0.2) is 0 Å². The van der Waals surface area contributed by atoms with E-state index in [0.717, 1.165) is 21.7 Å². The Labute approximate surface area is 207 Å². The first-order chi connectivity index (χ1) is 15.2. The molecule has 2 nitrogen and oxygen atoms in total. The Bertz CT molecular complexity index is 1020. The third kappa shape index (κ3) is 5.82. The molecule has 0 spiro atoms. The fraction of sp³-hybridized carbons (Fsp3) is 0.429. The molecule has 1 fully saturated rings. The van der Waals surface area contributed by atoms with Gasteiger partial charge in [0.1, 0.15) is 5.76 Å². The first-order valence-corrected chi connectivity index (χ1v) is 13.2. The van der Waals surface area contributed by atoms with Gasteiger partial charge >= 0.3 is 0 Å². The first kappa shape index (κ1) is 26.6. The van der Waals surface area contributed by atoms with E-state index in [4.69, 9.17) is 0 Å². The van der Waals surface area contributed by atoms with E-state index in [1.54, 1.807) is 11.8 Å². The molecule has 0 radical (unpaired) electrons. The number of halogens is 1. The molecule has 0 bridgehead atoms. The van der Waals surface area contributed by atoms with Crippen LogP contribution in [0.4, 0.5) is 5.69 Å². The lowest BCUT2D eigenvalue weighted by atomic mass is 9.99. The third-order valence-corrected chi connectivity index (χ3v) is 8.07. The lowest BCUT2D eigenvalue weighted by molar-refractivity contribution is 0.370. The molecule has 1 saturated carbocycles. The van der Waals surface area contributed by atoms with Crippen molar-refractivity contribution in [1.29, 1.82) is 0 Å². The molecule has 1 aliphatic carbocycles. The zero-order chi connectivity index (χ0) is 24.1. The molecule has 0 unspecified atom stereocenters. The minimum atomic E-state index is -0.505. The minimum Gasteiger partial charge on any atom is -0.511 e. The number of benzene rings is 2. The van der Waals surface area contributed by atoms with Gasteiger partial charge in [0.25, 0.3) is 0 Å². The molecule has 1 aliphatic rings. The second-order valence-electron chi connectivity index (χ2n) is 8.44. The fourth-order valence-corrected chi connectivity index (χ4v) is 5.17. The molecule has 0 aromatic heterocycles. The van der Waals surface area contributed by atoms with Gasteiger partial charge in [-0.15, -0.1) is 0 Å². The number of nitrogens with zero attached hydrogens (tertiary/aromatic N) is 1. The Morgan fingerprint density at radius 2 is 1.78 bits per heavy atom. The highest BCUT2D eigenvalue weighted by Gasteiger charge is 2.31. The molecule has 4 heteroatoms. The van der Waals surface area contributed by atoms with Gasteiger partial charge < -0.3 is 5.11 Å². The summed E-state index contributed by atoms with van der Waals surface area (Å²) in [5.41, 5.74) is 3.87. The number of hydrogen-bond acceptors (Lipinski definition) is 3. The summed E-state index contributed by atoms with van der Waals surface area (Å²) in [5.74, 6) is 0.875. The van der Waals surface area contributed by atoms with Crippen molar-refractivity contribution in [3.63, 3.8) is 0 Å². The average Bonchev–Trinajstić information content (AvgIpc) is 3.64. The SMILES string of the molecule is C=C(O)C(C)(C)S/C(=C(\C)CC)N(/C(Br)=C\C)c1ccc(C2CC2)c2ccccc12.CC. The zero-order valence-corrected chi connectivity index (χ0v) is 23.0. The maximum Gasteiger partial charge on any atom is 0.101 e. The number of rotatable bonds is 8. The van der Waals surface area contributed by atoms with E-state index < -0.39 is 4.75 Å². The van der Waals surface area contributed by atoms with Crippen LogP contribution in [0.5, 0.6) is 0 Å². The van der Waals surface area contributed by atoms with E-state index in [1.807, 2.05) is 34.6 Å². The van der Waals surface area contributed by atoms with Gasteiger partial charge in [-0.3, -0.25) is 4.90 Å². The van der Waals surface area contributed by atoms with Crippen LogP contribution in [-0.2, 0) is 0 Å². The molecule has 32 heavy (non-hydrogen) atoms. The van der Waals surface area contributed by atoms with Gasteiger partial charge in [-0.05, 0) is 91.4 Å². The summed E-state index contributed by atoms with van der Waals surface area (Å²) < 4.78 is 0.482. The van der Waals surface area contributed by atoms with Gasteiger partial charge in [-0.2, -0.15) is 0 Å². The Morgan fingerprint density at radius 1 is 1.19 bits per heavy atom. The highest BCUT2D eigenvalue weighted by atomic mass is 79.9. The fourth-order valence-electron chi connectivity index (χ4n) is 3.48. The second-order valence-corrected chi connectivity index (χ2v) is 10.9. The van der Waals surface area contributed by atoms with Crippen LogP contribution in [-0.4, -0.2) is 9.85 Å². The molecule has 0 saturated heterocycles.